The molecular weight excluding hydrogens is 383 g/mol. The van der Waals surface area contributed by atoms with Crippen molar-refractivity contribution in [3.8, 4) is 5.82 Å². The van der Waals surface area contributed by atoms with Gasteiger partial charge >= 0.3 is 0 Å². The van der Waals surface area contributed by atoms with Crippen LogP contribution < -0.4 is 10.6 Å². The molecule has 0 amide bonds. The maximum Gasteiger partial charge on any atom is 0.229 e. The number of para-hydroxylation sites is 2. The summed E-state index contributed by atoms with van der Waals surface area (Å²) in [5.41, 5.74) is 5.54. The Bertz CT molecular complexity index is 1400. The van der Waals surface area contributed by atoms with Gasteiger partial charge in [0.25, 0.3) is 0 Å². The molecule has 4 aromatic heterocycles. The van der Waals surface area contributed by atoms with E-state index in [4.69, 9.17) is 0 Å². The molecule has 0 radical (unpaired) electrons. The highest BCUT2D eigenvalue weighted by atomic mass is 19.1. The van der Waals surface area contributed by atoms with Gasteiger partial charge in [-0.3, -0.25) is 4.57 Å². The molecule has 1 aromatic carbocycles. The highest BCUT2D eigenvalue weighted by Crippen LogP contribution is 2.23. The number of halogens is 1. The van der Waals surface area contributed by atoms with Crippen LogP contribution in [0.3, 0.4) is 0 Å². The number of benzene rings is 1. The number of imidazole rings is 2. The fraction of sp³-hybridized carbons (Fsp3) is 0.143. The second-order valence-electron chi connectivity index (χ2n) is 7.17. The van der Waals surface area contributed by atoms with Crippen molar-refractivity contribution in [2.45, 2.75) is 13.0 Å². The lowest BCUT2D eigenvalue weighted by Crippen LogP contribution is -2.24. The summed E-state index contributed by atoms with van der Waals surface area (Å²) in [5.74, 6) is -0.0668. The first-order chi connectivity index (χ1) is 14.8. The number of anilines is 2. The van der Waals surface area contributed by atoms with Gasteiger partial charge in [0, 0.05) is 31.4 Å². The molecule has 1 aliphatic rings. The van der Waals surface area contributed by atoms with Crippen molar-refractivity contribution in [1.29, 1.82) is 0 Å². The van der Waals surface area contributed by atoms with E-state index in [0.717, 1.165) is 47.6 Å². The third-order valence-electron chi connectivity index (χ3n) is 5.29. The quantitative estimate of drug-likeness (QED) is 0.484. The van der Waals surface area contributed by atoms with Crippen molar-refractivity contribution in [3.63, 3.8) is 0 Å². The van der Waals surface area contributed by atoms with Crippen molar-refractivity contribution in [3.05, 3.63) is 72.3 Å². The summed E-state index contributed by atoms with van der Waals surface area (Å²) in [5, 5.41) is 6.52. The maximum atomic E-state index is 14.5. The van der Waals surface area contributed by atoms with Crippen LogP contribution in [0.25, 0.3) is 22.5 Å². The molecule has 9 heteroatoms. The molecule has 2 N–H and O–H groups in total. The summed E-state index contributed by atoms with van der Waals surface area (Å²) in [6, 6.07) is 11.4. The van der Waals surface area contributed by atoms with E-state index in [9.17, 15) is 4.39 Å². The molecule has 0 fully saturated rings. The minimum absolute atomic E-state index is 0.147. The number of nitrogens with one attached hydrogen (secondary N) is 2. The van der Waals surface area contributed by atoms with Crippen LogP contribution >= 0.6 is 0 Å². The first-order valence-corrected chi connectivity index (χ1v) is 9.69. The van der Waals surface area contributed by atoms with Crippen molar-refractivity contribution >= 4 is 28.3 Å². The molecule has 6 rings (SSSR count). The lowest BCUT2D eigenvalue weighted by atomic mass is 10.2. The highest BCUT2D eigenvalue weighted by molar-refractivity contribution is 5.76. The third-order valence-corrected chi connectivity index (χ3v) is 5.29. The van der Waals surface area contributed by atoms with Crippen molar-refractivity contribution in [2.24, 2.45) is 0 Å². The van der Waals surface area contributed by atoms with E-state index in [1.807, 2.05) is 42.6 Å². The average molecular weight is 400 g/mol. The fourth-order valence-corrected chi connectivity index (χ4v) is 3.88. The molecule has 148 valence electrons. The second kappa shape index (κ2) is 6.60. The van der Waals surface area contributed by atoms with Gasteiger partial charge in [-0.15, -0.1) is 0 Å². The Morgan fingerprint density at radius 1 is 1.07 bits per heavy atom. The standard InChI is InChI=1S/C21H17FN8/c22-14-9-24-21(28-20(14)30-12-25-15-3-1-2-4-17(15)30)26-13-5-6-19-27-16-10-23-8-7-18(16)29(19)11-13/h1-6,9,11-12,23H,7-8,10H2,(H,24,26,28). The molecule has 5 aromatic rings. The number of pyridine rings is 1. The SMILES string of the molecule is Fc1cnc(Nc2ccc3nc4c(n3c2)CCNC4)nc1-n1cnc2ccccc21. The molecule has 0 saturated heterocycles. The van der Waals surface area contributed by atoms with Crippen LogP contribution in [0, 0.1) is 5.82 Å². The molecule has 0 aliphatic carbocycles. The van der Waals surface area contributed by atoms with Gasteiger partial charge in [-0.05, 0) is 24.3 Å². The van der Waals surface area contributed by atoms with Gasteiger partial charge in [-0.25, -0.2) is 19.3 Å². The highest BCUT2D eigenvalue weighted by Gasteiger charge is 2.16. The zero-order chi connectivity index (χ0) is 20.1. The smallest absolute Gasteiger partial charge is 0.229 e. The molecule has 0 unspecified atom stereocenters. The van der Waals surface area contributed by atoms with Crippen molar-refractivity contribution in [1.82, 2.24) is 34.2 Å². The van der Waals surface area contributed by atoms with Gasteiger partial charge < -0.3 is 15.0 Å². The number of aromatic nitrogens is 6. The van der Waals surface area contributed by atoms with Crippen LogP contribution in [0.1, 0.15) is 11.4 Å². The predicted octanol–water partition coefficient (Wildman–Crippen LogP) is 2.99. The number of nitrogens with zero attached hydrogens (tertiary/aromatic N) is 6. The topological polar surface area (TPSA) is 85.0 Å². The molecule has 30 heavy (non-hydrogen) atoms. The summed E-state index contributed by atoms with van der Waals surface area (Å²) < 4.78 is 18.2. The third kappa shape index (κ3) is 2.71. The number of fused-ring (bicyclic) bond motifs is 4. The Morgan fingerprint density at radius 3 is 2.97 bits per heavy atom. The molecule has 8 nitrogen and oxygen atoms in total. The Balaban J connectivity index is 1.38. The van der Waals surface area contributed by atoms with Crippen LogP contribution in [0.5, 0.6) is 0 Å². The normalized spacial score (nSPS) is 13.6. The Hall–Kier alpha value is -3.85. The summed E-state index contributed by atoms with van der Waals surface area (Å²) in [7, 11) is 0. The lowest BCUT2D eigenvalue weighted by Gasteiger charge is -2.13. The van der Waals surface area contributed by atoms with E-state index in [-0.39, 0.29) is 5.82 Å². The molecule has 5 heterocycles. The minimum atomic E-state index is -0.518. The molecule has 0 bridgehead atoms. The summed E-state index contributed by atoms with van der Waals surface area (Å²) >= 11 is 0. The van der Waals surface area contributed by atoms with Gasteiger partial charge in [0.2, 0.25) is 5.95 Å². The summed E-state index contributed by atoms with van der Waals surface area (Å²) in [4.78, 5) is 17.5. The molecule has 0 spiro atoms. The average Bonchev–Trinajstić information content (AvgIpc) is 3.36. The fourth-order valence-electron chi connectivity index (χ4n) is 3.88. The Morgan fingerprint density at radius 2 is 2.00 bits per heavy atom. The van der Waals surface area contributed by atoms with Crippen LogP contribution in [0.4, 0.5) is 16.0 Å². The largest absolute Gasteiger partial charge is 0.323 e. The van der Waals surface area contributed by atoms with E-state index in [2.05, 4.69) is 35.0 Å². The lowest BCUT2D eigenvalue weighted by molar-refractivity contribution is 0.604. The first-order valence-electron chi connectivity index (χ1n) is 9.69. The van der Waals surface area contributed by atoms with Gasteiger partial charge in [-0.1, -0.05) is 12.1 Å². The van der Waals surface area contributed by atoms with Gasteiger partial charge in [0.1, 0.15) is 12.0 Å². The van der Waals surface area contributed by atoms with Crippen LogP contribution in [-0.2, 0) is 13.0 Å². The monoisotopic (exact) mass is 400 g/mol. The summed E-state index contributed by atoms with van der Waals surface area (Å²) in [6.07, 6.45) is 5.64. The van der Waals surface area contributed by atoms with Crippen molar-refractivity contribution in [2.75, 3.05) is 11.9 Å². The van der Waals surface area contributed by atoms with E-state index < -0.39 is 5.82 Å². The van der Waals surface area contributed by atoms with E-state index in [0.29, 0.717) is 5.95 Å². The zero-order valence-corrected chi connectivity index (χ0v) is 15.9. The van der Waals surface area contributed by atoms with Crippen LogP contribution in [0.2, 0.25) is 0 Å². The predicted molar refractivity (Wildman–Crippen MR) is 111 cm³/mol. The number of hydrogen-bond donors (Lipinski definition) is 2. The molecule has 1 aliphatic heterocycles. The Labute approximate surface area is 170 Å². The van der Waals surface area contributed by atoms with E-state index >= 15 is 0 Å². The second-order valence-corrected chi connectivity index (χ2v) is 7.17. The summed E-state index contributed by atoms with van der Waals surface area (Å²) in [6.45, 7) is 1.71. The van der Waals surface area contributed by atoms with Gasteiger partial charge in [0.05, 0.1) is 28.6 Å². The van der Waals surface area contributed by atoms with Crippen LogP contribution in [0.15, 0.2) is 55.1 Å². The zero-order valence-electron chi connectivity index (χ0n) is 15.9. The maximum absolute atomic E-state index is 14.5. The van der Waals surface area contributed by atoms with Crippen LogP contribution in [-0.4, -0.2) is 35.4 Å². The minimum Gasteiger partial charge on any atom is -0.323 e. The van der Waals surface area contributed by atoms with E-state index in [1.54, 1.807) is 10.9 Å². The number of rotatable bonds is 3. The molecule has 0 saturated carbocycles. The van der Waals surface area contributed by atoms with Gasteiger partial charge in [0.15, 0.2) is 11.6 Å². The first kappa shape index (κ1) is 17.0. The number of hydrogen-bond acceptors (Lipinski definition) is 6. The van der Waals surface area contributed by atoms with Crippen molar-refractivity contribution < 1.29 is 4.39 Å². The molecule has 0 atom stereocenters. The van der Waals surface area contributed by atoms with E-state index in [1.165, 1.54) is 11.9 Å². The Kier molecular flexibility index (Phi) is 3.75. The van der Waals surface area contributed by atoms with Gasteiger partial charge in [-0.2, -0.15) is 4.98 Å². The molecular formula is C21H17FN8.